The number of hydrogen-bond acceptors (Lipinski definition) is 6. The van der Waals surface area contributed by atoms with Crippen LogP contribution >= 0.6 is 15.2 Å². The summed E-state index contributed by atoms with van der Waals surface area (Å²) in [7, 11) is -6.83. The highest BCUT2D eigenvalue weighted by Crippen LogP contribution is 2.37. The van der Waals surface area contributed by atoms with E-state index in [0.29, 0.717) is 19.3 Å². The van der Waals surface area contributed by atoms with Gasteiger partial charge in [0.2, 0.25) is 0 Å². The molecule has 0 aliphatic heterocycles. The third-order valence-corrected chi connectivity index (χ3v) is 5.37. The number of pyridine rings is 2. The molecule has 0 spiro atoms. The Kier molecular flexibility index (Phi) is 9.15. The van der Waals surface area contributed by atoms with E-state index in [2.05, 4.69) is 9.97 Å². The number of hydrogen-bond donors (Lipinski definition) is 2. The Balaban J connectivity index is 1.89. The predicted molar refractivity (Wildman–Crippen MR) is 112 cm³/mol. The van der Waals surface area contributed by atoms with Crippen molar-refractivity contribution >= 4 is 15.2 Å². The van der Waals surface area contributed by atoms with E-state index in [9.17, 15) is 9.13 Å². The van der Waals surface area contributed by atoms with Gasteiger partial charge in [-0.25, -0.2) is 0 Å². The van der Waals surface area contributed by atoms with Crippen molar-refractivity contribution < 1.29 is 28.0 Å². The molecule has 2 atom stereocenters. The Labute approximate surface area is 171 Å². The molecule has 2 unspecified atom stereocenters. The maximum atomic E-state index is 11.1. The number of aromatic nitrogens is 2. The predicted octanol–water partition coefficient (Wildman–Crippen LogP) is 4.06. The van der Waals surface area contributed by atoms with Crippen molar-refractivity contribution in [3.05, 3.63) is 47.8 Å². The minimum atomic E-state index is -3.43. The monoisotopic (exact) mass is 442 g/mol. The Morgan fingerprint density at radius 3 is 1.72 bits per heavy atom. The smallest absolute Gasteiger partial charge is 0.324 e. The summed E-state index contributed by atoms with van der Waals surface area (Å²) in [4.78, 5) is 27.1. The Hall–Kier alpha value is -1.40. The molecule has 0 saturated heterocycles. The molecule has 29 heavy (non-hydrogen) atoms. The number of nitrogens with zero attached hydrogens (tertiary/aromatic N) is 2. The van der Waals surface area contributed by atoms with Crippen LogP contribution in [0.15, 0.2) is 36.7 Å². The van der Waals surface area contributed by atoms with Crippen LogP contribution in [0.2, 0.25) is 0 Å². The van der Waals surface area contributed by atoms with Crippen LogP contribution in [0.3, 0.4) is 0 Å². The highest BCUT2D eigenvalue weighted by molar-refractivity contribution is 7.52. The lowest BCUT2D eigenvalue weighted by Crippen LogP contribution is -1.97. The summed E-state index contributed by atoms with van der Waals surface area (Å²) >= 11 is 0. The maximum absolute atomic E-state index is 11.1. The van der Waals surface area contributed by atoms with Crippen LogP contribution in [0, 0.1) is 0 Å². The highest BCUT2D eigenvalue weighted by atomic mass is 31.2. The first-order chi connectivity index (χ1) is 13.6. The van der Waals surface area contributed by atoms with E-state index < -0.39 is 15.2 Å². The van der Waals surface area contributed by atoms with Gasteiger partial charge < -0.3 is 18.8 Å². The molecule has 0 amide bonds. The van der Waals surface area contributed by atoms with E-state index >= 15 is 0 Å². The molecule has 0 bridgehead atoms. The van der Waals surface area contributed by atoms with Gasteiger partial charge in [0, 0.05) is 25.7 Å². The van der Waals surface area contributed by atoms with E-state index in [0.717, 1.165) is 35.4 Å². The lowest BCUT2D eigenvalue weighted by molar-refractivity contribution is 0.258. The summed E-state index contributed by atoms with van der Waals surface area (Å²) in [5.41, 5.74) is 3.71. The topological polar surface area (TPSA) is 119 Å². The van der Waals surface area contributed by atoms with Crippen molar-refractivity contribution in [3.8, 4) is 11.4 Å². The van der Waals surface area contributed by atoms with Crippen molar-refractivity contribution in [1.29, 1.82) is 0 Å². The van der Waals surface area contributed by atoms with E-state index in [1.807, 2.05) is 24.3 Å². The largest absolute Gasteiger partial charge is 0.325 e. The van der Waals surface area contributed by atoms with Crippen molar-refractivity contribution in [2.24, 2.45) is 0 Å². The van der Waals surface area contributed by atoms with Gasteiger partial charge in [-0.2, -0.15) is 0 Å². The van der Waals surface area contributed by atoms with Crippen LogP contribution in [-0.4, -0.2) is 46.3 Å². The van der Waals surface area contributed by atoms with Gasteiger partial charge in [0.15, 0.2) is 0 Å². The molecule has 0 aromatic carbocycles. The van der Waals surface area contributed by atoms with E-state index in [4.69, 9.17) is 18.8 Å². The second kappa shape index (κ2) is 11.1. The van der Waals surface area contributed by atoms with Gasteiger partial charge in [0.25, 0.3) is 0 Å². The first-order valence-corrected chi connectivity index (χ1v) is 13.5. The summed E-state index contributed by atoms with van der Waals surface area (Å²) in [6, 6.07) is 7.81. The molecule has 0 saturated carbocycles. The molecule has 0 fully saturated rings. The SMILES string of the molecule is CP(=O)(O)OCCCCc1ccnc(-c2cc(CCCOP(C)(=O)O)ccn2)c1. The van der Waals surface area contributed by atoms with Gasteiger partial charge in [0.05, 0.1) is 24.6 Å². The fraction of sp³-hybridized carbons (Fsp3) is 0.474. The lowest BCUT2D eigenvalue weighted by atomic mass is 10.1. The average Bonchev–Trinajstić information content (AvgIpc) is 2.64. The van der Waals surface area contributed by atoms with Crippen molar-refractivity contribution in [2.75, 3.05) is 26.5 Å². The highest BCUT2D eigenvalue weighted by Gasteiger charge is 2.10. The van der Waals surface area contributed by atoms with Crippen molar-refractivity contribution in [2.45, 2.75) is 32.1 Å². The van der Waals surface area contributed by atoms with Gasteiger partial charge in [-0.05, 0) is 67.5 Å². The van der Waals surface area contributed by atoms with Gasteiger partial charge >= 0.3 is 15.2 Å². The summed E-state index contributed by atoms with van der Waals surface area (Å²) in [6.45, 7) is 2.85. The summed E-state index contributed by atoms with van der Waals surface area (Å²) < 4.78 is 32.0. The average molecular weight is 442 g/mol. The molecule has 0 radical (unpaired) electrons. The molecule has 8 nitrogen and oxygen atoms in total. The van der Waals surface area contributed by atoms with Gasteiger partial charge in [-0.1, -0.05) is 0 Å². The molecule has 0 aliphatic carbocycles. The van der Waals surface area contributed by atoms with E-state index in [1.54, 1.807) is 12.4 Å². The lowest BCUT2D eigenvalue weighted by Gasteiger charge is -2.08. The fourth-order valence-electron chi connectivity index (χ4n) is 2.72. The Morgan fingerprint density at radius 1 is 0.793 bits per heavy atom. The van der Waals surface area contributed by atoms with Crippen LogP contribution in [0.1, 0.15) is 30.4 Å². The van der Waals surface area contributed by atoms with Crippen LogP contribution in [0.5, 0.6) is 0 Å². The quantitative estimate of drug-likeness (QED) is 0.373. The molecular weight excluding hydrogens is 414 g/mol. The molecule has 0 aliphatic rings. The second-order valence-electron chi connectivity index (χ2n) is 6.93. The second-order valence-corrected chi connectivity index (χ2v) is 10.7. The van der Waals surface area contributed by atoms with Crippen LogP contribution in [0.4, 0.5) is 0 Å². The molecule has 160 valence electrons. The molecule has 2 aromatic heterocycles. The fourth-order valence-corrected chi connectivity index (χ4v) is 3.65. The zero-order valence-corrected chi connectivity index (χ0v) is 18.5. The number of aryl methyl sites for hydroxylation is 2. The zero-order valence-electron chi connectivity index (χ0n) is 16.7. The third-order valence-electron chi connectivity index (χ3n) is 4.04. The molecule has 10 heteroatoms. The summed E-state index contributed by atoms with van der Waals surface area (Å²) in [5, 5.41) is 0. The maximum Gasteiger partial charge on any atom is 0.325 e. The van der Waals surface area contributed by atoms with E-state index in [1.165, 1.54) is 13.3 Å². The molecule has 2 N–H and O–H groups in total. The first-order valence-electron chi connectivity index (χ1n) is 9.42. The summed E-state index contributed by atoms with van der Waals surface area (Å²) in [6.07, 6.45) is 7.17. The molecule has 2 aromatic rings. The zero-order chi connectivity index (χ0) is 21.3. The van der Waals surface area contributed by atoms with Crippen LogP contribution in [0.25, 0.3) is 11.4 Å². The standard InChI is InChI=1S/C19H28N2O6P2/c1-28(22,23)26-12-4-3-6-16-8-10-20-18(14-16)19-15-17(9-11-21-19)7-5-13-27-29(2,24)25/h8-11,14-15H,3-7,12-13H2,1-2H3,(H,22,23)(H,24,25). The van der Waals surface area contributed by atoms with Crippen LogP contribution in [-0.2, 0) is 31.0 Å². The number of rotatable bonds is 12. The summed E-state index contributed by atoms with van der Waals surface area (Å²) in [5.74, 6) is 0. The number of unbranched alkanes of at least 4 members (excludes halogenated alkanes) is 1. The minimum Gasteiger partial charge on any atom is -0.324 e. The van der Waals surface area contributed by atoms with Gasteiger partial charge in [-0.3, -0.25) is 19.1 Å². The van der Waals surface area contributed by atoms with Gasteiger partial charge in [-0.15, -0.1) is 0 Å². The Morgan fingerprint density at radius 2 is 1.24 bits per heavy atom. The van der Waals surface area contributed by atoms with E-state index in [-0.39, 0.29) is 13.2 Å². The minimum absolute atomic E-state index is 0.225. The molecule has 2 rings (SSSR count). The van der Waals surface area contributed by atoms with Crippen molar-refractivity contribution in [1.82, 2.24) is 9.97 Å². The van der Waals surface area contributed by atoms with Crippen LogP contribution < -0.4 is 0 Å². The van der Waals surface area contributed by atoms with Crippen molar-refractivity contribution in [3.63, 3.8) is 0 Å². The first kappa shape index (κ1) is 23.9. The Bertz CT molecular complexity index is 881. The third kappa shape index (κ3) is 10.3. The van der Waals surface area contributed by atoms with Gasteiger partial charge in [0.1, 0.15) is 0 Å². The normalized spacial score (nSPS) is 15.6. The molecular formula is C19H28N2O6P2. The molecule has 2 heterocycles.